The Morgan fingerprint density at radius 1 is 1.16 bits per heavy atom. The summed E-state index contributed by atoms with van der Waals surface area (Å²) in [7, 11) is 1.39. The first kappa shape index (κ1) is 14.2. The smallest absolute Gasteiger partial charge is 0.235 e. The molecule has 0 amide bonds. The maximum Gasteiger partial charge on any atom is 0.235 e. The van der Waals surface area contributed by atoms with Gasteiger partial charge in [-0.1, -0.05) is 46.3 Å². The minimum absolute atomic E-state index is 0.0742. The van der Waals surface area contributed by atoms with Gasteiger partial charge in [-0.05, 0) is 21.5 Å². The molecular formula is C14H10Br2O3. The van der Waals surface area contributed by atoms with E-state index in [9.17, 15) is 9.59 Å². The number of alkyl halides is 1. The summed E-state index contributed by atoms with van der Waals surface area (Å²) in [5.74, 6) is -0.489. The van der Waals surface area contributed by atoms with Gasteiger partial charge in [0.15, 0.2) is 11.5 Å². The van der Waals surface area contributed by atoms with E-state index in [4.69, 9.17) is 4.74 Å². The van der Waals surface area contributed by atoms with Crippen LogP contribution in [-0.2, 0) is 14.3 Å². The lowest BCUT2D eigenvalue weighted by molar-refractivity contribution is -0.117. The standard InChI is InChI=1S/C14H10Br2O3/c1-19-14-11(10(17)7-9(15)13(14)18)12(16)8-5-3-2-4-6-8/h2-7,12H,1H3. The molecule has 0 aromatic heterocycles. The highest BCUT2D eigenvalue weighted by Gasteiger charge is 2.32. The number of halogens is 2. The van der Waals surface area contributed by atoms with Crippen molar-refractivity contribution in [3.63, 3.8) is 0 Å². The van der Waals surface area contributed by atoms with E-state index in [-0.39, 0.29) is 26.6 Å². The zero-order chi connectivity index (χ0) is 14.0. The van der Waals surface area contributed by atoms with Crippen molar-refractivity contribution >= 4 is 43.4 Å². The predicted octanol–water partition coefficient (Wildman–Crippen LogP) is 3.45. The third-order valence-corrected chi connectivity index (χ3v) is 4.32. The van der Waals surface area contributed by atoms with Crippen molar-refractivity contribution in [2.45, 2.75) is 4.83 Å². The molecule has 1 unspecified atom stereocenters. The van der Waals surface area contributed by atoms with Gasteiger partial charge in [0.1, 0.15) is 0 Å². The van der Waals surface area contributed by atoms with Crippen LogP contribution < -0.4 is 0 Å². The van der Waals surface area contributed by atoms with E-state index < -0.39 is 0 Å². The summed E-state index contributed by atoms with van der Waals surface area (Å²) in [6.45, 7) is 0. The Morgan fingerprint density at radius 2 is 1.79 bits per heavy atom. The van der Waals surface area contributed by atoms with E-state index in [2.05, 4.69) is 31.9 Å². The van der Waals surface area contributed by atoms with Gasteiger partial charge >= 0.3 is 0 Å². The Kier molecular flexibility index (Phi) is 4.37. The number of ether oxygens (including phenoxy) is 1. The molecule has 0 aliphatic heterocycles. The number of hydrogen-bond acceptors (Lipinski definition) is 3. The summed E-state index contributed by atoms with van der Waals surface area (Å²) in [5.41, 5.74) is 1.21. The van der Waals surface area contributed by atoms with Crippen molar-refractivity contribution in [2.75, 3.05) is 7.11 Å². The number of methoxy groups -OCH3 is 1. The molecule has 98 valence electrons. The molecule has 5 heteroatoms. The van der Waals surface area contributed by atoms with Crippen LogP contribution in [0.15, 0.2) is 52.2 Å². The number of carbonyl (C=O) groups excluding carboxylic acids is 2. The van der Waals surface area contributed by atoms with Crippen LogP contribution >= 0.6 is 31.9 Å². The second-order valence-electron chi connectivity index (χ2n) is 3.91. The van der Waals surface area contributed by atoms with Crippen LogP contribution in [-0.4, -0.2) is 18.7 Å². The fraction of sp³-hybridized carbons (Fsp3) is 0.143. The first-order valence-corrected chi connectivity index (χ1v) is 7.20. The topological polar surface area (TPSA) is 43.4 Å². The molecule has 1 atom stereocenters. The quantitative estimate of drug-likeness (QED) is 0.591. The fourth-order valence-electron chi connectivity index (χ4n) is 1.83. The van der Waals surface area contributed by atoms with Gasteiger partial charge in [0.05, 0.1) is 22.0 Å². The summed E-state index contributed by atoms with van der Waals surface area (Å²) >= 11 is 6.53. The first-order valence-electron chi connectivity index (χ1n) is 5.49. The van der Waals surface area contributed by atoms with Crippen molar-refractivity contribution < 1.29 is 14.3 Å². The zero-order valence-electron chi connectivity index (χ0n) is 10.0. The van der Waals surface area contributed by atoms with Crippen molar-refractivity contribution in [2.24, 2.45) is 0 Å². The van der Waals surface area contributed by atoms with Gasteiger partial charge in [-0.2, -0.15) is 0 Å². The highest BCUT2D eigenvalue weighted by molar-refractivity contribution is 9.12. The van der Waals surface area contributed by atoms with Crippen LogP contribution in [0.5, 0.6) is 0 Å². The molecule has 0 radical (unpaired) electrons. The molecule has 0 spiro atoms. The lowest BCUT2D eigenvalue weighted by Gasteiger charge is -2.19. The Bertz CT molecular complexity index is 588. The first-order chi connectivity index (χ1) is 9.06. The predicted molar refractivity (Wildman–Crippen MR) is 79.2 cm³/mol. The summed E-state index contributed by atoms with van der Waals surface area (Å²) in [5, 5.41) is 0. The molecule has 0 saturated carbocycles. The van der Waals surface area contributed by atoms with E-state index in [0.29, 0.717) is 5.57 Å². The van der Waals surface area contributed by atoms with Gasteiger partial charge in [-0.15, -0.1) is 0 Å². The van der Waals surface area contributed by atoms with Gasteiger partial charge in [0.2, 0.25) is 5.78 Å². The Hall–Kier alpha value is -1.20. The SMILES string of the molecule is COC1=C(C(Br)c2ccccc2)C(=O)C=C(Br)C1=O. The summed E-state index contributed by atoms with van der Waals surface area (Å²) in [4.78, 5) is 23.7. The minimum atomic E-state index is -0.378. The highest BCUT2D eigenvalue weighted by Crippen LogP contribution is 2.37. The number of carbonyl (C=O) groups is 2. The Balaban J connectivity index is 2.50. The van der Waals surface area contributed by atoms with Gasteiger partial charge in [-0.25, -0.2) is 0 Å². The van der Waals surface area contributed by atoms with Gasteiger partial charge in [-0.3, -0.25) is 9.59 Å². The molecule has 1 aromatic carbocycles. The molecule has 1 aromatic rings. The van der Waals surface area contributed by atoms with Gasteiger partial charge < -0.3 is 4.74 Å². The molecule has 0 saturated heterocycles. The van der Waals surface area contributed by atoms with Crippen molar-refractivity contribution in [1.82, 2.24) is 0 Å². The Morgan fingerprint density at radius 3 is 2.37 bits per heavy atom. The number of allylic oxidation sites excluding steroid dienone is 3. The minimum Gasteiger partial charge on any atom is -0.492 e. The zero-order valence-corrected chi connectivity index (χ0v) is 13.2. The summed E-state index contributed by atoms with van der Waals surface area (Å²) < 4.78 is 5.32. The molecule has 0 bridgehead atoms. The highest BCUT2D eigenvalue weighted by atomic mass is 79.9. The summed E-state index contributed by atoms with van der Waals surface area (Å²) in [6, 6.07) is 9.39. The largest absolute Gasteiger partial charge is 0.492 e. The normalized spacial score (nSPS) is 17.3. The number of hydrogen-bond donors (Lipinski definition) is 0. The molecule has 1 aliphatic rings. The number of rotatable bonds is 3. The van der Waals surface area contributed by atoms with Crippen LogP contribution in [0, 0.1) is 0 Å². The van der Waals surface area contributed by atoms with E-state index >= 15 is 0 Å². The number of benzene rings is 1. The maximum absolute atomic E-state index is 12.1. The Labute approximate surface area is 127 Å². The van der Waals surface area contributed by atoms with Crippen molar-refractivity contribution in [1.29, 1.82) is 0 Å². The van der Waals surface area contributed by atoms with Gasteiger partial charge in [0, 0.05) is 6.08 Å². The lowest BCUT2D eigenvalue weighted by atomic mass is 9.95. The average molecular weight is 386 g/mol. The van der Waals surface area contributed by atoms with E-state index in [1.165, 1.54) is 13.2 Å². The molecule has 3 nitrogen and oxygen atoms in total. The van der Waals surface area contributed by atoms with Crippen LogP contribution in [0.4, 0.5) is 0 Å². The van der Waals surface area contributed by atoms with Crippen LogP contribution in [0.25, 0.3) is 0 Å². The lowest BCUT2D eigenvalue weighted by Crippen LogP contribution is -2.20. The summed E-state index contributed by atoms with van der Waals surface area (Å²) in [6.07, 6.45) is 1.28. The van der Waals surface area contributed by atoms with E-state index in [1.54, 1.807) is 0 Å². The molecule has 2 rings (SSSR count). The molecule has 0 N–H and O–H groups in total. The van der Waals surface area contributed by atoms with E-state index in [1.807, 2.05) is 30.3 Å². The molecular weight excluding hydrogens is 376 g/mol. The molecule has 0 fully saturated rings. The van der Waals surface area contributed by atoms with Crippen LogP contribution in [0.2, 0.25) is 0 Å². The van der Waals surface area contributed by atoms with Crippen molar-refractivity contribution in [3.8, 4) is 0 Å². The van der Waals surface area contributed by atoms with Gasteiger partial charge in [0.25, 0.3) is 0 Å². The molecule has 0 heterocycles. The number of Topliss-reactive ketones (excluding diaryl/α,β-unsaturated/α-hetero) is 1. The monoisotopic (exact) mass is 384 g/mol. The van der Waals surface area contributed by atoms with Crippen LogP contribution in [0.3, 0.4) is 0 Å². The maximum atomic E-state index is 12.1. The van der Waals surface area contributed by atoms with Crippen LogP contribution in [0.1, 0.15) is 10.4 Å². The molecule has 1 aliphatic carbocycles. The second-order valence-corrected chi connectivity index (χ2v) is 5.68. The third kappa shape index (κ3) is 2.72. The van der Waals surface area contributed by atoms with Crippen molar-refractivity contribution in [3.05, 3.63) is 57.8 Å². The second kappa shape index (κ2) is 5.84. The average Bonchev–Trinajstić information content (AvgIpc) is 2.42. The molecule has 19 heavy (non-hydrogen) atoms. The number of ketones is 2. The third-order valence-electron chi connectivity index (χ3n) is 2.74. The van der Waals surface area contributed by atoms with E-state index in [0.717, 1.165) is 5.56 Å². The fourth-order valence-corrected chi connectivity index (χ4v) is 2.96.